The first-order chi connectivity index (χ1) is 13.5. The molecule has 1 aromatic carbocycles. The number of aromatic nitrogens is 1. The van der Waals surface area contributed by atoms with Crippen molar-refractivity contribution in [2.45, 2.75) is 6.54 Å². The van der Waals surface area contributed by atoms with E-state index in [-0.39, 0.29) is 5.75 Å². The second-order valence-corrected chi connectivity index (χ2v) is 7.36. The van der Waals surface area contributed by atoms with E-state index in [9.17, 15) is 14.7 Å². The largest absolute Gasteiger partial charge is 0.507 e. The number of rotatable bonds is 4. The van der Waals surface area contributed by atoms with E-state index >= 15 is 0 Å². The predicted octanol–water partition coefficient (Wildman–Crippen LogP) is 3.05. The van der Waals surface area contributed by atoms with Crippen molar-refractivity contribution in [3.8, 4) is 16.9 Å². The van der Waals surface area contributed by atoms with Gasteiger partial charge in [0.15, 0.2) is 0 Å². The summed E-state index contributed by atoms with van der Waals surface area (Å²) in [5, 5.41) is 15.6. The highest BCUT2D eigenvalue weighted by Crippen LogP contribution is 2.29. The second kappa shape index (κ2) is 7.47. The van der Waals surface area contributed by atoms with E-state index in [1.807, 2.05) is 6.07 Å². The zero-order chi connectivity index (χ0) is 19.7. The van der Waals surface area contributed by atoms with E-state index in [1.54, 1.807) is 36.7 Å². The molecule has 0 bridgehead atoms. The number of amides is 2. The normalized spacial score (nSPS) is 14.7. The van der Waals surface area contributed by atoms with E-state index in [0.717, 1.165) is 9.13 Å². The van der Waals surface area contributed by atoms with Gasteiger partial charge in [0.25, 0.3) is 11.8 Å². The molecule has 3 heterocycles. The summed E-state index contributed by atoms with van der Waals surface area (Å²) >= 11 is 2.13. The monoisotopic (exact) mass is 487 g/mol. The average Bonchev–Trinajstić information content (AvgIpc) is 3.18. The summed E-state index contributed by atoms with van der Waals surface area (Å²) in [4.78, 5) is 28.6. The molecular formula is C20H14IN3O4. The molecule has 0 radical (unpaired) electrons. The summed E-state index contributed by atoms with van der Waals surface area (Å²) in [6.45, 7) is 0.295. The molecule has 0 fully saturated rings. The zero-order valence-electron chi connectivity index (χ0n) is 14.4. The van der Waals surface area contributed by atoms with Crippen LogP contribution in [0.3, 0.4) is 0 Å². The van der Waals surface area contributed by atoms with Crippen LogP contribution in [0.2, 0.25) is 0 Å². The van der Waals surface area contributed by atoms with Crippen LogP contribution in [-0.2, 0) is 11.3 Å². The van der Waals surface area contributed by atoms with E-state index in [4.69, 9.17) is 4.42 Å². The summed E-state index contributed by atoms with van der Waals surface area (Å²) in [5.74, 6) is -0.783. The van der Waals surface area contributed by atoms with Gasteiger partial charge in [-0.15, -0.1) is 0 Å². The summed E-state index contributed by atoms with van der Waals surface area (Å²) in [5.41, 5.74) is 3.31. The van der Waals surface area contributed by atoms with E-state index < -0.39 is 11.8 Å². The number of fused-ring (bicyclic) bond motifs is 1. The molecule has 0 spiro atoms. The molecular weight excluding hydrogens is 473 g/mol. The molecule has 3 aromatic rings. The van der Waals surface area contributed by atoms with Crippen molar-refractivity contribution < 1.29 is 19.1 Å². The lowest BCUT2D eigenvalue weighted by molar-refractivity contribution is -0.114. The third-order valence-electron chi connectivity index (χ3n) is 4.29. The number of nitrogens with zero attached hydrogens (tertiary/aromatic N) is 1. The van der Waals surface area contributed by atoms with Gasteiger partial charge in [0.05, 0.1) is 30.3 Å². The molecule has 0 aliphatic carbocycles. The van der Waals surface area contributed by atoms with Gasteiger partial charge in [0.2, 0.25) is 0 Å². The molecule has 3 N–H and O–H groups in total. The van der Waals surface area contributed by atoms with Crippen LogP contribution >= 0.6 is 22.6 Å². The maximum atomic E-state index is 12.2. The van der Waals surface area contributed by atoms with Crippen LogP contribution in [0.5, 0.6) is 5.75 Å². The molecule has 2 amide bonds. The number of furan rings is 1. The Balaban J connectivity index is 1.55. The Morgan fingerprint density at radius 2 is 2.00 bits per heavy atom. The second-order valence-electron chi connectivity index (χ2n) is 6.12. The standard InChI is InChI=1S/C20H14IN3O4/c21-12-1-2-14-15(5-12)17(20(27)24-19(14)26)8-22-7-13-6-18(25)16(9-23-13)11-3-4-28-10-11/h1-6,8-10,22H,7H2,(H,23,25)(H,24,26,27)/b17-8-. The molecule has 4 rings (SSSR count). The first kappa shape index (κ1) is 18.2. The molecule has 0 saturated heterocycles. The molecule has 140 valence electrons. The zero-order valence-corrected chi connectivity index (χ0v) is 16.6. The Labute approximate surface area is 173 Å². The maximum absolute atomic E-state index is 12.2. The molecule has 7 nitrogen and oxygen atoms in total. The molecule has 1 aliphatic heterocycles. The van der Waals surface area contributed by atoms with Crippen molar-refractivity contribution in [3.05, 3.63) is 75.6 Å². The van der Waals surface area contributed by atoms with Crippen LogP contribution in [0.25, 0.3) is 16.7 Å². The minimum absolute atomic E-state index is 0.0850. The Morgan fingerprint density at radius 3 is 2.75 bits per heavy atom. The molecule has 0 unspecified atom stereocenters. The number of benzene rings is 1. The number of hydrogen-bond donors (Lipinski definition) is 3. The van der Waals surface area contributed by atoms with Gasteiger partial charge < -0.3 is 14.8 Å². The highest BCUT2D eigenvalue weighted by atomic mass is 127. The van der Waals surface area contributed by atoms with Crippen molar-refractivity contribution in [3.63, 3.8) is 0 Å². The van der Waals surface area contributed by atoms with Gasteiger partial charge >= 0.3 is 0 Å². The van der Waals surface area contributed by atoms with Crippen LogP contribution < -0.4 is 10.6 Å². The fraction of sp³-hybridized carbons (Fsp3) is 0.0500. The Morgan fingerprint density at radius 1 is 1.14 bits per heavy atom. The van der Waals surface area contributed by atoms with Gasteiger partial charge in [-0.2, -0.15) is 0 Å². The quantitative estimate of drug-likeness (QED) is 0.297. The van der Waals surface area contributed by atoms with Crippen LogP contribution in [0.4, 0.5) is 0 Å². The van der Waals surface area contributed by atoms with Crippen LogP contribution in [-0.4, -0.2) is 21.9 Å². The summed E-state index contributed by atoms with van der Waals surface area (Å²) in [6.07, 6.45) is 6.17. The SMILES string of the molecule is O=C1NC(=O)c2ccc(I)cc2/C1=C/NCc1cc(O)c(-c2ccoc2)cn1. The number of carbonyl (C=O) groups is 2. The fourth-order valence-electron chi connectivity index (χ4n) is 2.92. The summed E-state index contributed by atoms with van der Waals surface area (Å²) < 4.78 is 5.94. The average molecular weight is 487 g/mol. The van der Waals surface area contributed by atoms with E-state index in [2.05, 4.69) is 38.2 Å². The third kappa shape index (κ3) is 3.50. The Hall–Kier alpha value is -3.14. The third-order valence-corrected chi connectivity index (χ3v) is 4.96. The van der Waals surface area contributed by atoms with Crippen molar-refractivity contribution >= 4 is 40.0 Å². The summed E-state index contributed by atoms with van der Waals surface area (Å²) in [7, 11) is 0. The number of nitrogens with one attached hydrogen (secondary N) is 2. The molecule has 8 heteroatoms. The summed E-state index contributed by atoms with van der Waals surface area (Å²) in [6, 6.07) is 8.59. The Bertz CT molecular complexity index is 1110. The van der Waals surface area contributed by atoms with Crippen molar-refractivity contribution in [2.24, 2.45) is 0 Å². The number of hydrogen-bond acceptors (Lipinski definition) is 6. The molecule has 2 aromatic heterocycles. The molecule has 0 saturated carbocycles. The number of pyridine rings is 1. The lowest BCUT2D eigenvalue weighted by atomic mass is 9.96. The van der Waals surface area contributed by atoms with Crippen molar-refractivity contribution in [1.29, 1.82) is 0 Å². The first-order valence-corrected chi connectivity index (χ1v) is 9.40. The van der Waals surface area contributed by atoms with Crippen LogP contribution in [0.15, 0.2) is 59.7 Å². The van der Waals surface area contributed by atoms with E-state index in [0.29, 0.717) is 34.5 Å². The van der Waals surface area contributed by atoms with Crippen LogP contribution in [0.1, 0.15) is 21.6 Å². The Kier molecular flexibility index (Phi) is 4.86. The number of carbonyl (C=O) groups excluding carboxylic acids is 2. The molecule has 1 aliphatic rings. The van der Waals surface area contributed by atoms with Gasteiger partial charge in [-0.3, -0.25) is 19.9 Å². The van der Waals surface area contributed by atoms with Gasteiger partial charge in [0, 0.05) is 44.3 Å². The topological polar surface area (TPSA) is 104 Å². The van der Waals surface area contributed by atoms with E-state index in [1.165, 1.54) is 12.5 Å². The minimum Gasteiger partial charge on any atom is -0.507 e. The minimum atomic E-state index is -0.460. The van der Waals surface area contributed by atoms with Gasteiger partial charge in [-0.05, 0) is 46.9 Å². The maximum Gasteiger partial charge on any atom is 0.260 e. The number of halogens is 1. The number of imide groups is 1. The lowest BCUT2D eigenvalue weighted by Gasteiger charge is -2.18. The highest BCUT2D eigenvalue weighted by Gasteiger charge is 2.27. The van der Waals surface area contributed by atoms with Gasteiger partial charge in [0.1, 0.15) is 5.75 Å². The number of aromatic hydroxyl groups is 1. The smallest absolute Gasteiger partial charge is 0.260 e. The highest BCUT2D eigenvalue weighted by molar-refractivity contribution is 14.1. The lowest BCUT2D eigenvalue weighted by Crippen LogP contribution is -2.37. The molecule has 28 heavy (non-hydrogen) atoms. The fourth-order valence-corrected chi connectivity index (χ4v) is 3.41. The van der Waals surface area contributed by atoms with Gasteiger partial charge in [-0.1, -0.05) is 0 Å². The van der Waals surface area contributed by atoms with Crippen molar-refractivity contribution in [1.82, 2.24) is 15.6 Å². The predicted molar refractivity (Wildman–Crippen MR) is 110 cm³/mol. The first-order valence-electron chi connectivity index (χ1n) is 8.32. The molecule has 0 atom stereocenters. The van der Waals surface area contributed by atoms with Crippen molar-refractivity contribution in [2.75, 3.05) is 0 Å². The van der Waals surface area contributed by atoms with Gasteiger partial charge in [-0.25, -0.2) is 0 Å². The van der Waals surface area contributed by atoms with Crippen LogP contribution in [0, 0.1) is 3.57 Å².